The molecule has 1 fully saturated rings. The quantitative estimate of drug-likeness (QED) is 0.831. The number of likely N-dealkylation sites (tertiary alicyclic amines) is 1. The molecule has 0 unspecified atom stereocenters. The van der Waals surface area contributed by atoms with Crippen molar-refractivity contribution >= 4 is 11.3 Å². The van der Waals surface area contributed by atoms with Crippen LogP contribution >= 0.6 is 11.3 Å². The number of nitrogens with zero attached hydrogens (tertiary/aromatic N) is 2. The number of rotatable bonds is 5. The Kier molecular flexibility index (Phi) is 5.15. The molecule has 2 heterocycles. The number of aromatic nitrogens is 1. The van der Waals surface area contributed by atoms with Crippen LogP contribution in [-0.4, -0.2) is 36.6 Å². The van der Waals surface area contributed by atoms with E-state index in [0.29, 0.717) is 0 Å². The summed E-state index contributed by atoms with van der Waals surface area (Å²) in [5.74, 6) is 0.925. The van der Waals surface area contributed by atoms with Gasteiger partial charge in [0.05, 0.1) is 5.69 Å². The summed E-state index contributed by atoms with van der Waals surface area (Å²) in [5, 5.41) is 4.77. The van der Waals surface area contributed by atoms with Crippen molar-refractivity contribution in [1.29, 1.82) is 0 Å². The van der Waals surface area contributed by atoms with Crippen LogP contribution in [0.5, 0.6) is 0 Å². The van der Waals surface area contributed by atoms with E-state index in [4.69, 9.17) is 0 Å². The van der Waals surface area contributed by atoms with Gasteiger partial charge in [0, 0.05) is 11.4 Å². The minimum Gasteiger partial charge on any atom is -0.310 e. The topological polar surface area (TPSA) is 28.2 Å². The maximum absolute atomic E-state index is 4.55. The summed E-state index contributed by atoms with van der Waals surface area (Å²) in [6.07, 6.45) is 4.05. The Morgan fingerprint density at radius 1 is 1.33 bits per heavy atom. The summed E-state index contributed by atoms with van der Waals surface area (Å²) in [5.41, 5.74) is 1.19. The minimum absolute atomic E-state index is 0.925. The van der Waals surface area contributed by atoms with Crippen molar-refractivity contribution in [3.8, 4) is 0 Å². The van der Waals surface area contributed by atoms with E-state index < -0.39 is 0 Å². The van der Waals surface area contributed by atoms with Crippen LogP contribution in [0.2, 0.25) is 0 Å². The molecule has 1 aliphatic rings. The molecule has 3 nitrogen and oxygen atoms in total. The smallest absolute Gasteiger partial charge is 0.107 e. The molecule has 0 radical (unpaired) electrons. The highest BCUT2D eigenvalue weighted by Crippen LogP contribution is 2.19. The van der Waals surface area contributed by atoms with E-state index in [0.717, 1.165) is 19.0 Å². The van der Waals surface area contributed by atoms with Crippen LogP contribution in [0.1, 0.15) is 34.8 Å². The van der Waals surface area contributed by atoms with Gasteiger partial charge >= 0.3 is 0 Å². The number of hydrogen-bond donors (Lipinski definition) is 1. The van der Waals surface area contributed by atoms with Gasteiger partial charge in [0.15, 0.2) is 0 Å². The van der Waals surface area contributed by atoms with Crippen molar-refractivity contribution in [2.45, 2.75) is 39.7 Å². The van der Waals surface area contributed by atoms with E-state index in [1.165, 1.54) is 47.9 Å². The Hall–Kier alpha value is -0.450. The summed E-state index contributed by atoms with van der Waals surface area (Å²) < 4.78 is 0. The molecule has 0 spiro atoms. The van der Waals surface area contributed by atoms with Crippen LogP contribution in [0, 0.1) is 19.8 Å². The first-order valence-corrected chi connectivity index (χ1v) is 7.79. The standard InChI is InChI=1S/C14H25N3S/c1-11-12(2)18-14(16-11)10-15-7-4-13-5-8-17(3)9-6-13/h13,15H,4-10H2,1-3H3. The second kappa shape index (κ2) is 6.64. The summed E-state index contributed by atoms with van der Waals surface area (Å²) >= 11 is 1.82. The van der Waals surface area contributed by atoms with Crippen LogP contribution in [-0.2, 0) is 6.54 Å². The molecule has 18 heavy (non-hydrogen) atoms. The molecule has 0 bridgehead atoms. The minimum atomic E-state index is 0.925. The molecule has 4 heteroatoms. The van der Waals surface area contributed by atoms with Gasteiger partial charge in [0.1, 0.15) is 5.01 Å². The fraction of sp³-hybridized carbons (Fsp3) is 0.786. The fourth-order valence-electron chi connectivity index (χ4n) is 2.47. The molecular formula is C14H25N3S. The molecule has 0 saturated carbocycles. The molecule has 0 aromatic carbocycles. The first-order chi connectivity index (χ1) is 8.65. The highest BCUT2D eigenvalue weighted by Gasteiger charge is 2.15. The molecule has 1 aromatic heterocycles. The zero-order valence-corrected chi connectivity index (χ0v) is 12.6. The van der Waals surface area contributed by atoms with Crippen molar-refractivity contribution in [3.05, 3.63) is 15.6 Å². The number of hydrogen-bond acceptors (Lipinski definition) is 4. The molecule has 0 amide bonds. The van der Waals surface area contributed by atoms with E-state index in [1.807, 2.05) is 11.3 Å². The highest BCUT2D eigenvalue weighted by molar-refractivity contribution is 7.11. The van der Waals surface area contributed by atoms with E-state index in [2.05, 4.69) is 36.1 Å². The molecule has 102 valence electrons. The number of thiazole rings is 1. The predicted octanol–water partition coefficient (Wildman–Crippen LogP) is 2.58. The van der Waals surface area contributed by atoms with E-state index >= 15 is 0 Å². The zero-order valence-electron chi connectivity index (χ0n) is 11.8. The average Bonchev–Trinajstić information content (AvgIpc) is 2.67. The summed E-state index contributed by atoms with van der Waals surface area (Å²) in [6.45, 7) is 8.85. The van der Waals surface area contributed by atoms with Crippen LogP contribution in [0.4, 0.5) is 0 Å². The van der Waals surface area contributed by atoms with E-state index in [1.54, 1.807) is 0 Å². The second-order valence-corrected chi connectivity index (χ2v) is 6.75. The Balaban J connectivity index is 1.61. The van der Waals surface area contributed by atoms with Crippen molar-refractivity contribution in [3.63, 3.8) is 0 Å². The SMILES string of the molecule is Cc1nc(CNCCC2CCN(C)CC2)sc1C. The lowest BCUT2D eigenvalue weighted by Crippen LogP contribution is -2.31. The van der Waals surface area contributed by atoms with Crippen LogP contribution in [0.25, 0.3) is 0 Å². The van der Waals surface area contributed by atoms with Crippen LogP contribution in [0.3, 0.4) is 0 Å². The second-order valence-electron chi connectivity index (χ2n) is 5.46. The normalized spacial score (nSPS) is 18.4. The molecule has 1 aromatic rings. The number of piperidine rings is 1. The lowest BCUT2D eigenvalue weighted by Gasteiger charge is -2.28. The van der Waals surface area contributed by atoms with Crippen molar-refractivity contribution in [2.24, 2.45) is 5.92 Å². The van der Waals surface area contributed by atoms with Gasteiger partial charge in [-0.25, -0.2) is 4.98 Å². The molecule has 1 saturated heterocycles. The lowest BCUT2D eigenvalue weighted by molar-refractivity contribution is 0.211. The van der Waals surface area contributed by atoms with Gasteiger partial charge < -0.3 is 10.2 Å². The fourth-order valence-corrected chi connectivity index (χ4v) is 3.37. The molecule has 1 aliphatic heterocycles. The Morgan fingerprint density at radius 2 is 2.06 bits per heavy atom. The van der Waals surface area contributed by atoms with Gasteiger partial charge in [-0.1, -0.05) is 0 Å². The van der Waals surface area contributed by atoms with E-state index in [-0.39, 0.29) is 0 Å². The monoisotopic (exact) mass is 267 g/mol. The lowest BCUT2D eigenvalue weighted by atomic mass is 9.94. The summed E-state index contributed by atoms with van der Waals surface area (Å²) in [7, 11) is 2.22. The Morgan fingerprint density at radius 3 is 2.67 bits per heavy atom. The van der Waals surface area contributed by atoms with Gasteiger partial charge in [-0.2, -0.15) is 0 Å². The summed E-state index contributed by atoms with van der Waals surface area (Å²) in [4.78, 5) is 8.34. The largest absolute Gasteiger partial charge is 0.310 e. The van der Waals surface area contributed by atoms with Crippen molar-refractivity contribution < 1.29 is 0 Å². The molecule has 1 N–H and O–H groups in total. The van der Waals surface area contributed by atoms with Crippen LogP contribution < -0.4 is 5.32 Å². The Bertz CT molecular complexity index is 348. The average molecular weight is 267 g/mol. The van der Waals surface area contributed by atoms with Gasteiger partial charge in [-0.05, 0) is 65.7 Å². The third-order valence-electron chi connectivity index (χ3n) is 3.92. The maximum atomic E-state index is 4.55. The Labute approximate surface area is 115 Å². The van der Waals surface area contributed by atoms with Crippen molar-refractivity contribution in [1.82, 2.24) is 15.2 Å². The maximum Gasteiger partial charge on any atom is 0.107 e. The van der Waals surface area contributed by atoms with Gasteiger partial charge in [-0.15, -0.1) is 11.3 Å². The van der Waals surface area contributed by atoms with Gasteiger partial charge in [0.2, 0.25) is 0 Å². The van der Waals surface area contributed by atoms with Gasteiger partial charge in [0.25, 0.3) is 0 Å². The molecule has 0 aliphatic carbocycles. The number of nitrogens with one attached hydrogen (secondary N) is 1. The number of aryl methyl sites for hydroxylation is 2. The predicted molar refractivity (Wildman–Crippen MR) is 78.1 cm³/mol. The van der Waals surface area contributed by atoms with E-state index in [9.17, 15) is 0 Å². The first-order valence-electron chi connectivity index (χ1n) is 6.97. The summed E-state index contributed by atoms with van der Waals surface area (Å²) in [6, 6.07) is 0. The molecule has 2 rings (SSSR count). The molecule has 0 atom stereocenters. The highest BCUT2D eigenvalue weighted by atomic mass is 32.1. The van der Waals surface area contributed by atoms with Gasteiger partial charge in [-0.3, -0.25) is 0 Å². The van der Waals surface area contributed by atoms with Crippen molar-refractivity contribution in [2.75, 3.05) is 26.7 Å². The molecular weight excluding hydrogens is 242 g/mol. The third-order valence-corrected chi connectivity index (χ3v) is 4.99. The zero-order chi connectivity index (χ0) is 13.0. The third kappa shape index (κ3) is 4.04. The first kappa shape index (κ1) is 14.0. The van der Waals surface area contributed by atoms with Crippen LogP contribution in [0.15, 0.2) is 0 Å².